The molecule has 0 fully saturated rings. The molecule has 1 aromatic heterocycles. The summed E-state index contributed by atoms with van der Waals surface area (Å²) in [7, 11) is 0. The molecule has 1 N–H and O–H groups in total. The monoisotopic (exact) mass is 282 g/mol. The normalized spacial score (nSPS) is 11.0. The van der Waals surface area contributed by atoms with Gasteiger partial charge in [-0.2, -0.15) is 5.10 Å². The van der Waals surface area contributed by atoms with E-state index in [0.717, 1.165) is 22.1 Å². The lowest BCUT2D eigenvalue weighted by Crippen LogP contribution is -2.11. The smallest absolute Gasteiger partial charge is 0.267 e. The van der Waals surface area contributed by atoms with Gasteiger partial charge in [0, 0.05) is 10.9 Å². The van der Waals surface area contributed by atoms with Crippen LogP contribution >= 0.6 is 0 Å². The van der Waals surface area contributed by atoms with Crippen molar-refractivity contribution in [2.75, 3.05) is 0 Å². The van der Waals surface area contributed by atoms with Gasteiger partial charge in [-0.25, -0.2) is 9.49 Å². The minimum atomic E-state index is -0.250. The Hall–Kier alpha value is -2.49. The fourth-order valence-electron chi connectivity index (χ4n) is 2.63. The molecule has 0 aliphatic rings. The van der Waals surface area contributed by atoms with Gasteiger partial charge in [-0.1, -0.05) is 12.1 Å². The quantitative estimate of drug-likeness (QED) is 0.740. The Morgan fingerprint density at radius 2 is 1.62 bits per heavy atom. The molecule has 4 heteroatoms. The zero-order valence-electron chi connectivity index (χ0n) is 12.1. The molecular formula is C17H15FN2O. The number of aromatic nitrogens is 2. The van der Waals surface area contributed by atoms with Crippen LogP contribution in [0.5, 0.6) is 0 Å². The van der Waals surface area contributed by atoms with Crippen LogP contribution in [0.25, 0.3) is 22.0 Å². The van der Waals surface area contributed by atoms with Crippen molar-refractivity contribution in [2.45, 2.75) is 20.8 Å². The van der Waals surface area contributed by atoms with Gasteiger partial charge in [0.15, 0.2) is 0 Å². The molecule has 0 saturated carbocycles. The van der Waals surface area contributed by atoms with E-state index < -0.39 is 0 Å². The second-order valence-corrected chi connectivity index (χ2v) is 5.31. The summed E-state index contributed by atoms with van der Waals surface area (Å²) in [5.74, 6) is -0.250. The van der Waals surface area contributed by atoms with Crippen molar-refractivity contribution in [1.29, 1.82) is 0 Å². The Labute approximate surface area is 121 Å². The molecule has 0 atom stereocenters. The molecule has 0 bridgehead atoms. The van der Waals surface area contributed by atoms with Crippen LogP contribution in [-0.4, -0.2) is 10.2 Å². The van der Waals surface area contributed by atoms with E-state index in [1.807, 2.05) is 26.0 Å². The maximum atomic E-state index is 13.5. The van der Waals surface area contributed by atoms with Crippen LogP contribution < -0.4 is 5.56 Å². The van der Waals surface area contributed by atoms with Crippen LogP contribution in [0.3, 0.4) is 0 Å². The van der Waals surface area contributed by atoms with Gasteiger partial charge >= 0.3 is 0 Å². The van der Waals surface area contributed by atoms with Gasteiger partial charge in [0.2, 0.25) is 0 Å². The molecule has 21 heavy (non-hydrogen) atoms. The maximum absolute atomic E-state index is 13.5. The Bertz CT molecular complexity index is 913. The molecular weight excluding hydrogens is 267 g/mol. The number of nitrogens with zero attached hydrogens (tertiary/aromatic N) is 1. The lowest BCUT2D eigenvalue weighted by atomic mass is 9.97. The number of halogens is 1. The standard InChI is InChI=1S/C17H15FN2O/c1-9-4-5-10(2)15-14(9)16(19-20-17(15)21)12-6-7-13(18)11(3)8-12/h4-8H,1-3H3,(H,20,21). The molecule has 3 rings (SSSR count). The number of hydrogen-bond donors (Lipinski definition) is 1. The Morgan fingerprint density at radius 1 is 0.952 bits per heavy atom. The van der Waals surface area contributed by atoms with Gasteiger partial charge in [0.25, 0.3) is 5.56 Å². The minimum Gasteiger partial charge on any atom is -0.267 e. The molecule has 0 amide bonds. The predicted octanol–water partition coefficient (Wildman–Crippen LogP) is 3.65. The van der Waals surface area contributed by atoms with E-state index in [9.17, 15) is 9.18 Å². The molecule has 0 unspecified atom stereocenters. The molecule has 2 aromatic carbocycles. The molecule has 0 spiro atoms. The van der Waals surface area contributed by atoms with Crippen LogP contribution in [0, 0.1) is 26.6 Å². The summed E-state index contributed by atoms with van der Waals surface area (Å²) in [4.78, 5) is 12.1. The second-order valence-electron chi connectivity index (χ2n) is 5.31. The van der Waals surface area contributed by atoms with E-state index in [1.165, 1.54) is 6.07 Å². The number of benzene rings is 2. The van der Waals surface area contributed by atoms with Crippen molar-refractivity contribution < 1.29 is 4.39 Å². The van der Waals surface area contributed by atoms with Crippen LogP contribution in [0.15, 0.2) is 35.1 Å². The van der Waals surface area contributed by atoms with E-state index in [1.54, 1.807) is 19.1 Å². The lowest BCUT2D eigenvalue weighted by Gasteiger charge is -2.10. The number of aromatic amines is 1. The zero-order valence-corrected chi connectivity index (χ0v) is 12.1. The van der Waals surface area contributed by atoms with E-state index >= 15 is 0 Å². The second kappa shape index (κ2) is 4.81. The highest BCUT2D eigenvalue weighted by Gasteiger charge is 2.13. The molecule has 0 saturated heterocycles. The highest BCUT2D eigenvalue weighted by Crippen LogP contribution is 2.29. The summed E-state index contributed by atoms with van der Waals surface area (Å²) < 4.78 is 13.5. The first-order chi connectivity index (χ1) is 9.99. The van der Waals surface area contributed by atoms with Gasteiger partial charge in [-0.3, -0.25) is 4.79 Å². The average Bonchev–Trinajstić information content (AvgIpc) is 2.46. The third-order valence-electron chi connectivity index (χ3n) is 3.79. The van der Waals surface area contributed by atoms with Gasteiger partial charge in [-0.15, -0.1) is 0 Å². The van der Waals surface area contributed by atoms with Crippen LogP contribution in [0.2, 0.25) is 0 Å². The Balaban J connectivity index is 2.43. The summed E-state index contributed by atoms with van der Waals surface area (Å²) in [6, 6.07) is 8.75. The van der Waals surface area contributed by atoms with Gasteiger partial charge in [0.1, 0.15) is 5.82 Å². The molecule has 0 aliphatic carbocycles. The van der Waals surface area contributed by atoms with Gasteiger partial charge < -0.3 is 0 Å². The number of nitrogens with one attached hydrogen (secondary N) is 1. The largest absolute Gasteiger partial charge is 0.272 e. The maximum Gasteiger partial charge on any atom is 0.272 e. The van der Waals surface area contributed by atoms with Gasteiger partial charge in [0.05, 0.1) is 11.1 Å². The molecule has 1 heterocycles. The topological polar surface area (TPSA) is 45.8 Å². The van der Waals surface area contributed by atoms with Crippen LogP contribution in [-0.2, 0) is 0 Å². The molecule has 0 radical (unpaired) electrons. The van der Waals surface area contributed by atoms with Crippen molar-refractivity contribution in [2.24, 2.45) is 0 Å². The van der Waals surface area contributed by atoms with E-state index in [-0.39, 0.29) is 11.4 Å². The number of hydrogen-bond acceptors (Lipinski definition) is 2. The fraction of sp³-hybridized carbons (Fsp3) is 0.176. The zero-order chi connectivity index (χ0) is 15.1. The van der Waals surface area contributed by atoms with Crippen LogP contribution in [0.4, 0.5) is 4.39 Å². The summed E-state index contributed by atoms with van der Waals surface area (Å²) >= 11 is 0. The average molecular weight is 282 g/mol. The summed E-state index contributed by atoms with van der Waals surface area (Å²) in [6.07, 6.45) is 0. The number of fused-ring (bicyclic) bond motifs is 1. The Kier molecular flexibility index (Phi) is 3.09. The fourth-order valence-corrected chi connectivity index (χ4v) is 2.63. The molecule has 3 aromatic rings. The molecule has 106 valence electrons. The van der Waals surface area contributed by atoms with Crippen molar-refractivity contribution in [3.8, 4) is 11.3 Å². The van der Waals surface area contributed by atoms with E-state index in [0.29, 0.717) is 16.6 Å². The highest BCUT2D eigenvalue weighted by atomic mass is 19.1. The summed E-state index contributed by atoms with van der Waals surface area (Å²) in [6.45, 7) is 5.56. The Morgan fingerprint density at radius 3 is 2.29 bits per heavy atom. The number of rotatable bonds is 1. The minimum absolute atomic E-state index is 0.200. The number of H-pyrrole nitrogens is 1. The first-order valence-electron chi connectivity index (χ1n) is 6.74. The van der Waals surface area contributed by atoms with Crippen molar-refractivity contribution in [1.82, 2.24) is 10.2 Å². The molecule has 3 nitrogen and oxygen atoms in total. The third-order valence-corrected chi connectivity index (χ3v) is 3.79. The highest BCUT2D eigenvalue weighted by molar-refractivity contribution is 5.97. The lowest BCUT2D eigenvalue weighted by molar-refractivity contribution is 0.618. The SMILES string of the molecule is Cc1cc(-c2n[nH]c(=O)c3c(C)ccc(C)c23)ccc1F. The van der Waals surface area contributed by atoms with Gasteiger partial charge in [-0.05, 0) is 55.7 Å². The van der Waals surface area contributed by atoms with E-state index in [2.05, 4.69) is 10.2 Å². The van der Waals surface area contributed by atoms with Crippen molar-refractivity contribution in [3.63, 3.8) is 0 Å². The molecule has 0 aliphatic heterocycles. The van der Waals surface area contributed by atoms with Crippen LogP contribution in [0.1, 0.15) is 16.7 Å². The summed E-state index contributed by atoms with van der Waals surface area (Å²) in [5.41, 5.74) is 3.70. The van der Waals surface area contributed by atoms with Crippen molar-refractivity contribution >= 4 is 10.8 Å². The summed E-state index contributed by atoms with van der Waals surface area (Å²) in [5, 5.41) is 8.20. The third kappa shape index (κ3) is 2.13. The van der Waals surface area contributed by atoms with E-state index in [4.69, 9.17) is 0 Å². The predicted molar refractivity (Wildman–Crippen MR) is 82.0 cm³/mol. The number of aryl methyl sites for hydroxylation is 3. The first kappa shape index (κ1) is 13.5. The first-order valence-corrected chi connectivity index (χ1v) is 6.74. The van der Waals surface area contributed by atoms with Crippen molar-refractivity contribution in [3.05, 3.63) is 63.2 Å².